The second-order valence-electron chi connectivity index (χ2n) is 4.15. The summed E-state index contributed by atoms with van der Waals surface area (Å²) in [6, 6.07) is 10.7. The van der Waals surface area contributed by atoms with Crippen LogP contribution in [-0.2, 0) is 13.0 Å². The molecule has 0 bridgehead atoms. The number of benzene rings is 1. The van der Waals surface area contributed by atoms with Gasteiger partial charge in [0.1, 0.15) is 10.9 Å². The maximum Gasteiger partial charge on any atom is 0.186 e. The minimum Gasteiger partial charge on any atom is -0.347 e. The number of rotatable bonds is 4. The largest absolute Gasteiger partial charge is 0.347 e. The summed E-state index contributed by atoms with van der Waals surface area (Å²) in [5.74, 6) is 0. The number of aryl methyl sites for hydroxylation is 1. The molecule has 4 heteroatoms. The van der Waals surface area contributed by atoms with Crippen molar-refractivity contribution < 1.29 is 0 Å². The lowest BCUT2D eigenvalue weighted by atomic mass is 10.1. The van der Waals surface area contributed by atoms with Crippen LogP contribution >= 0.6 is 11.3 Å². The lowest BCUT2D eigenvalue weighted by Gasteiger charge is -2.15. The highest BCUT2D eigenvalue weighted by Crippen LogP contribution is 2.22. The molecule has 0 amide bonds. The number of aromatic nitrogens is 1. The molecule has 0 saturated heterocycles. The molecule has 0 fully saturated rings. The third kappa shape index (κ3) is 2.88. The van der Waals surface area contributed by atoms with Crippen molar-refractivity contribution in [3.05, 3.63) is 46.5 Å². The molecule has 0 N–H and O–H groups in total. The van der Waals surface area contributed by atoms with E-state index >= 15 is 0 Å². The Kier molecular flexibility index (Phi) is 3.96. The summed E-state index contributed by atoms with van der Waals surface area (Å²) in [7, 11) is 1.99. The predicted octanol–water partition coefficient (Wildman–Crippen LogP) is 3.21. The minimum atomic E-state index is 0.651. The zero-order chi connectivity index (χ0) is 13.0. The van der Waals surface area contributed by atoms with Crippen LogP contribution in [0, 0.1) is 11.3 Å². The first kappa shape index (κ1) is 12.6. The molecule has 18 heavy (non-hydrogen) atoms. The monoisotopic (exact) mass is 257 g/mol. The van der Waals surface area contributed by atoms with Gasteiger partial charge in [0.2, 0.25) is 0 Å². The summed E-state index contributed by atoms with van der Waals surface area (Å²) in [5.41, 5.74) is 2.60. The average Bonchev–Trinajstić information content (AvgIpc) is 2.88. The quantitative estimate of drug-likeness (QED) is 0.844. The molecule has 92 valence electrons. The number of anilines is 1. The van der Waals surface area contributed by atoms with Gasteiger partial charge >= 0.3 is 0 Å². The molecule has 0 saturated carbocycles. The number of hydrogen-bond acceptors (Lipinski definition) is 4. The Labute approximate surface area is 111 Å². The molecular weight excluding hydrogens is 242 g/mol. The van der Waals surface area contributed by atoms with E-state index in [2.05, 4.69) is 47.1 Å². The van der Waals surface area contributed by atoms with Gasteiger partial charge < -0.3 is 4.90 Å². The molecular formula is C14H15N3S. The van der Waals surface area contributed by atoms with Crippen LogP contribution in [0.2, 0.25) is 0 Å². The third-order valence-corrected chi connectivity index (χ3v) is 3.80. The van der Waals surface area contributed by atoms with Crippen LogP contribution in [0.3, 0.4) is 0 Å². The van der Waals surface area contributed by atoms with Gasteiger partial charge in [0.25, 0.3) is 0 Å². The SMILES string of the molecule is CCc1ccc(CN(C)c2ncc(C#N)s2)cc1. The van der Waals surface area contributed by atoms with Crippen molar-refractivity contribution in [2.24, 2.45) is 0 Å². The molecule has 0 unspecified atom stereocenters. The molecule has 1 aromatic heterocycles. The zero-order valence-corrected chi connectivity index (χ0v) is 11.4. The predicted molar refractivity (Wildman–Crippen MR) is 74.8 cm³/mol. The van der Waals surface area contributed by atoms with Crippen LogP contribution in [0.15, 0.2) is 30.5 Å². The van der Waals surface area contributed by atoms with Crippen LogP contribution in [0.4, 0.5) is 5.13 Å². The van der Waals surface area contributed by atoms with Gasteiger partial charge in [-0.25, -0.2) is 4.98 Å². The van der Waals surface area contributed by atoms with E-state index in [1.165, 1.54) is 22.5 Å². The summed E-state index contributed by atoms with van der Waals surface area (Å²) >= 11 is 1.42. The van der Waals surface area contributed by atoms with E-state index in [4.69, 9.17) is 5.26 Å². The lowest BCUT2D eigenvalue weighted by Crippen LogP contribution is -2.15. The van der Waals surface area contributed by atoms with Gasteiger partial charge in [-0.15, -0.1) is 0 Å². The van der Waals surface area contributed by atoms with Crippen molar-refractivity contribution in [3.8, 4) is 6.07 Å². The van der Waals surface area contributed by atoms with Gasteiger partial charge in [0.15, 0.2) is 5.13 Å². The second kappa shape index (κ2) is 5.65. The fraction of sp³-hybridized carbons (Fsp3) is 0.286. The number of hydrogen-bond donors (Lipinski definition) is 0. The fourth-order valence-corrected chi connectivity index (χ4v) is 2.39. The molecule has 2 rings (SSSR count). The molecule has 0 aliphatic rings. The summed E-state index contributed by atoms with van der Waals surface area (Å²) in [5, 5.41) is 9.66. The topological polar surface area (TPSA) is 39.9 Å². The first-order chi connectivity index (χ1) is 8.72. The maximum atomic E-state index is 8.78. The van der Waals surface area contributed by atoms with Crippen molar-refractivity contribution >= 4 is 16.5 Å². The molecule has 0 atom stereocenters. The lowest BCUT2D eigenvalue weighted by molar-refractivity contribution is 0.913. The van der Waals surface area contributed by atoms with Crippen molar-refractivity contribution in [1.29, 1.82) is 5.26 Å². The first-order valence-corrected chi connectivity index (χ1v) is 6.69. The van der Waals surface area contributed by atoms with Crippen LogP contribution in [-0.4, -0.2) is 12.0 Å². The van der Waals surface area contributed by atoms with E-state index in [9.17, 15) is 0 Å². The minimum absolute atomic E-state index is 0.651. The molecule has 0 aliphatic heterocycles. The van der Waals surface area contributed by atoms with Crippen molar-refractivity contribution in [2.75, 3.05) is 11.9 Å². The van der Waals surface area contributed by atoms with Gasteiger partial charge in [-0.3, -0.25) is 0 Å². The Bertz CT molecular complexity index is 551. The van der Waals surface area contributed by atoms with Crippen LogP contribution in [0.25, 0.3) is 0 Å². The molecule has 1 aromatic carbocycles. The Morgan fingerprint density at radius 1 is 1.28 bits per heavy atom. The van der Waals surface area contributed by atoms with E-state index < -0.39 is 0 Å². The average molecular weight is 257 g/mol. The first-order valence-electron chi connectivity index (χ1n) is 5.87. The highest BCUT2D eigenvalue weighted by Gasteiger charge is 2.07. The van der Waals surface area contributed by atoms with Crippen molar-refractivity contribution in [2.45, 2.75) is 19.9 Å². The maximum absolute atomic E-state index is 8.78. The summed E-state index contributed by atoms with van der Waals surface area (Å²) in [6.07, 6.45) is 2.69. The van der Waals surface area contributed by atoms with E-state index in [0.717, 1.165) is 18.1 Å². The Morgan fingerprint density at radius 2 is 1.94 bits per heavy atom. The summed E-state index contributed by atoms with van der Waals surface area (Å²) < 4.78 is 0. The molecule has 1 heterocycles. The highest BCUT2D eigenvalue weighted by molar-refractivity contribution is 7.16. The van der Waals surface area contributed by atoms with Crippen molar-refractivity contribution in [1.82, 2.24) is 4.98 Å². The molecule has 0 radical (unpaired) electrons. The number of nitriles is 1. The molecule has 3 nitrogen and oxygen atoms in total. The van der Waals surface area contributed by atoms with Gasteiger partial charge in [-0.1, -0.05) is 42.5 Å². The smallest absolute Gasteiger partial charge is 0.186 e. The molecule has 0 spiro atoms. The Hall–Kier alpha value is -1.86. The van der Waals surface area contributed by atoms with E-state index in [1.807, 2.05) is 7.05 Å². The number of nitrogens with zero attached hydrogens (tertiary/aromatic N) is 3. The van der Waals surface area contributed by atoms with Crippen molar-refractivity contribution in [3.63, 3.8) is 0 Å². The molecule has 0 aliphatic carbocycles. The Balaban J connectivity index is 2.06. The van der Waals surface area contributed by atoms with Crippen LogP contribution < -0.4 is 4.90 Å². The number of thiazole rings is 1. The molecule has 2 aromatic rings. The van der Waals surface area contributed by atoms with E-state index in [-0.39, 0.29) is 0 Å². The van der Waals surface area contributed by atoms with Gasteiger partial charge in [-0.05, 0) is 17.5 Å². The van der Waals surface area contributed by atoms with E-state index in [1.54, 1.807) is 6.20 Å². The summed E-state index contributed by atoms with van der Waals surface area (Å²) in [6.45, 7) is 2.96. The van der Waals surface area contributed by atoms with Gasteiger partial charge in [0, 0.05) is 13.6 Å². The van der Waals surface area contributed by atoms with Crippen LogP contribution in [0.5, 0.6) is 0 Å². The van der Waals surface area contributed by atoms with Gasteiger partial charge in [0.05, 0.1) is 6.20 Å². The van der Waals surface area contributed by atoms with Crippen LogP contribution in [0.1, 0.15) is 22.9 Å². The highest BCUT2D eigenvalue weighted by atomic mass is 32.1. The third-order valence-electron chi connectivity index (χ3n) is 2.78. The van der Waals surface area contributed by atoms with E-state index in [0.29, 0.717) is 4.88 Å². The Morgan fingerprint density at radius 3 is 2.50 bits per heavy atom. The second-order valence-corrected chi connectivity index (χ2v) is 5.15. The zero-order valence-electron chi connectivity index (χ0n) is 10.6. The van der Waals surface area contributed by atoms with Gasteiger partial charge in [-0.2, -0.15) is 5.26 Å². The fourth-order valence-electron chi connectivity index (χ4n) is 1.71. The normalized spacial score (nSPS) is 10.1. The summed E-state index contributed by atoms with van der Waals surface area (Å²) in [4.78, 5) is 6.95. The standard InChI is InChI=1S/C14H15N3S/c1-3-11-4-6-12(7-5-11)10-17(2)14-16-9-13(8-15)18-14/h4-7,9H,3,10H2,1-2H3.